The molecule has 1 aromatic heterocycles. The van der Waals surface area contributed by atoms with Gasteiger partial charge in [-0.1, -0.05) is 26.0 Å². The number of Topliss-reactive ketones (excluding diaryl/α,β-unsaturated/α-hetero) is 1. The molecule has 152 valence electrons. The summed E-state index contributed by atoms with van der Waals surface area (Å²) in [4.78, 5) is 42.2. The lowest BCUT2D eigenvalue weighted by molar-refractivity contribution is -0.118. The number of ether oxygens (including phenoxy) is 1. The molecule has 0 saturated heterocycles. The average Bonchev–Trinajstić information content (AvgIpc) is 2.58. The third kappa shape index (κ3) is 3.48. The highest BCUT2D eigenvalue weighted by Crippen LogP contribution is 2.47. The van der Waals surface area contributed by atoms with Crippen LogP contribution in [-0.2, 0) is 4.79 Å². The molecule has 1 atom stereocenters. The molecule has 2 aromatic rings. The minimum Gasteiger partial charge on any atom is -0.435 e. The molecule has 0 saturated carbocycles. The number of aromatic amines is 2. The molecule has 1 aliphatic carbocycles. The zero-order chi connectivity index (χ0) is 20.9. The Morgan fingerprint density at radius 1 is 1.07 bits per heavy atom. The van der Waals surface area contributed by atoms with Gasteiger partial charge in [0.25, 0.3) is 5.56 Å². The summed E-state index contributed by atoms with van der Waals surface area (Å²) in [6, 6.07) is 5.81. The van der Waals surface area contributed by atoms with Gasteiger partial charge in [-0.15, -0.1) is 0 Å². The van der Waals surface area contributed by atoms with Gasteiger partial charge in [-0.25, -0.2) is 4.79 Å². The molecule has 0 radical (unpaired) electrons. The summed E-state index contributed by atoms with van der Waals surface area (Å²) >= 11 is 0. The Kier molecular flexibility index (Phi) is 4.40. The fourth-order valence-corrected chi connectivity index (χ4v) is 4.12. The molecule has 2 heterocycles. The molecule has 1 aromatic carbocycles. The van der Waals surface area contributed by atoms with Crippen molar-refractivity contribution in [3.63, 3.8) is 0 Å². The van der Waals surface area contributed by atoms with E-state index >= 15 is 0 Å². The Balaban J connectivity index is 1.90. The van der Waals surface area contributed by atoms with Gasteiger partial charge in [-0.05, 0) is 29.5 Å². The van der Waals surface area contributed by atoms with Crippen molar-refractivity contribution in [3.05, 3.63) is 67.5 Å². The molecule has 29 heavy (non-hydrogen) atoms. The SMILES string of the molecule is CC1(C)CC(=O)C2=C(C1)Nc1[nH]c(=O)[nH]c(=O)c1[C@H]2c1ccc(OC(F)F)cc1. The number of aromatic nitrogens is 2. The van der Waals surface area contributed by atoms with E-state index in [1.807, 2.05) is 13.8 Å². The maximum Gasteiger partial charge on any atom is 0.387 e. The molecule has 0 amide bonds. The van der Waals surface area contributed by atoms with Crippen molar-refractivity contribution in [2.24, 2.45) is 5.41 Å². The monoisotopic (exact) mass is 403 g/mol. The van der Waals surface area contributed by atoms with Crippen molar-refractivity contribution < 1.29 is 18.3 Å². The van der Waals surface area contributed by atoms with Crippen LogP contribution in [0.4, 0.5) is 14.6 Å². The van der Waals surface area contributed by atoms with Crippen LogP contribution in [0.25, 0.3) is 0 Å². The molecule has 0 unspecified atom stereocenters. The van der Waals surface area contributed by atoms with Crippen LogP contribution in [0, 0.1) is 5.41 Å². The quantitative estimate of drug-likeness (QED) is 0.731. The number of alkyl halides is 2. The van der Waals surface area contributed by atoms with Gasteiger partial charge < -0.3 is 10.1 Å². The highest BCUT2D eigenvalue weighted by atomic mass is 19.3. The summed E-state index contributed by atoms with van der Waals surface area (Å²) in [6.45, 7) is 0.986. The smallest absolute Gasteiger partial charge is 0.387 e. The van der Waals surface area contributed by atoms with E-state index in [0.29, 0.717) is 29.7 Å². The van der Waals surface area contributed by atoms with E-state index in [1.165, 1.54) is 12.1 Å². The van der Waals surface area contributed by atoms with Crippen LogP contribution < -0.4 is 21.3 Å². The highest BCUT2D eigenvalue weighted by molar-refractivity contribution is 6.01. The lowest BCUT2D eigenvalue weighted by atomic mass is 9.69. The van der Waals surface area contributed by atoms with Crippen molar-refractivity contribution >= 4 is 11.6 Å². The zero-order valence-corrected chi connectivity index (χ0v) is 15.8. The van der Waals surface area contributed by atoms with Gasteiger partial charge in [0, 0.05) is 23.6 Å². The Morgan fingerprint density at radius 3 is 2.41 bits per heavy atom. The second-order valence-electron chi connectivity index (χ2n) is 8.04. The largest absolute Gasteiger partial charge is 0.435 e. The molecule has 0 spiro atoms. The molecule has 7 nitrogen and oxygen atoms in total. The van der Waals surface area contributed by atoms with E-state index in [4.69, 9.17) is 0 Å². The van der Waals surface area contributed by atoms with Crippen LogP contribution in [0.3, 0.4) is 0 Å². The van der Waals surface area contributed by atoms with Crippen molar-refractivity contribution in [1.29, 1.82) is 0 Å². The van der Waals surface area contributed by atoms with E-state index in [0.717, 1.165) is 0 Å². The van der Waals surface area contributed by atoms with E-state index in [-0.39, 0.29) is 28.3 Å². The molecule has 3 N–H and O–H groups in total. The van der Waals surface area contributed by atoms with Crippen LogP contribution in [0.2, 0.25) is 0 Å². The maximum atomic E-state index is 13.0. The minimum atomic E-state index is -2.95. The molecular weight excluding hydrogens is 384 g/mol. The van der Waals surface area contributed by atoms with E-state index in [2.05, 4.69) is 20.0 Å². The molecule has 0 bridgehead atoms. The molecule has 0 fully saturated rings. The normalized spacial score (nSPS) is 20.2. The first-order chi connectivity index (χ1) is 13.6. The first kappa shape index (κ1) is 19.1. The van der Waals surface area contributed by atoms with Gasteiger partial charge in [-0.2, -0.15) is 8.78 Å². The summed E-state index contributed by atoms with van der Waals surface area (Å²) in [6.07, 6.45) is 0.874. The van der Waals surface area contributed by atoms with Gasteiger partial charge in [0.2, 0.25) is 0 Å². The first-order valence-electron chi connectivity index (χ1n) is 9.09. The van der Waals surface area contributed by atoms with Gasteiger partial charge in [0.15, 0.2) is 5.78 Å². The number of hydrogen-bond acceptors (Lipinski definition) is 5. The molecule has 4 rings (SSSR count). The summed E-state index contributed by atoms with van der Waals surface area (Å²) in [7, 11) is 0. The number of fused-ring (bicyclic) bond motifs is 1. The van der Waals surface area contributed by atoms with Gasteiger partial charge in [0.05, 0.1) is 5.56 Å². The second-order valence-corrected chi connectivity index (χ2v) is 8.04. The zero-order valence-electron chi connectivity index (χ0n) is 15.8. The Bertz CT molecular complexity index is 1130. The average molecular weight is 403 g/mol. The number of ketones is 1. The summed E-state index contributed by atoms with van der Waals surface area (Å²) in [5.74, 6) is -0.622. The fraction of sp³-hybridized carbons (Fsp3) is 0.350. The van der Waals surface area contributed by atoms with Gasteiger partial charge >= 0.3 is 12.3 Å². The number of anilines is 1. The van der Waals surface area contributed by atoms with Crippen molar-refractivity contribution in [2.45, 2.75) is 39.2 Å². The molecular formula is C20H19F2N3O4. The third-order valence-electron chi connectivity index (χ3n) is 5.19. The summed E-state index contributed by atoms with van der Waals surface area (Å²) < 4.78 is 29.3. The topological polar surface area (TPSA) is 104 Å². The van der Waals surface area contributed by atoms with Crippen LogP contribution >= 0.6 is 0 Å². The predicted molar refractivity (Wildman–Crippen MR) is 101 cm³/mol. The van der Waals surface area contributed by atoms with E-state index < -0.39 is 23.8 Å². The standard InChI is InChI=1S/C20H19F2N3O4/c1-20(2)7-11-14(12(26)8-20)13(9-3-5-10(6-4-9)29-18(21)22)15-16(23-11)24-19(28)25-17(15)27/h3-6,13,18H,7-8H2,1-2H3,(H3,23,24,25,27,28)/t13-/m0/s1. The third-order valence-corrected chi connectivity index (χ3v) is 5.19. The van der Waals surface area contributed by atoms with Crippen LogP contribution in [-0.4, -0.2) is 22.4 Å². The maximum absolute atomic E-state index is 13.0. The molecule has 9 heteroatoms. The number of H-pyrrole nitrogens is 2. The van der Waals surface area contributed by atoms with Crippen LogP contribution in [0.5, 0.6) is 5.75 Å². The Labute approximate surface area is 163 Å². The number of hydrogen-bond donors (Lipinski definition) is 3. The van der Waals surface area contributed by atoms with Crippen LogP contribution in [0.15, 0.2) is 45.1 Å². The van der Waals surface area contributed by atoms with E-state index in [1.54, 1.807) is 12.1 Å². The molecule has 1 aliphatic heterocycles. The number of carbonyl (C=O) groups is 1. The van der Waals surface area contributed by atoms with Crippen molar-refractivity contribution in [3.8, 4) is 5.75 Å². The fourth-order valence-electron chi connectivity index (χ4n) is 4.12. The number of halogens is 2. The predicted octanol–water partition coefficient (Wildman–Crippen LogP) is 2.87. The van der Waals surface area contributed by atoms with E-state index in [9.17, 15) is 23.2 Å². The van der Waals surface area contributed by atoms with Gasteiger partial charge in [-0.3, -0.25) is 19.6 Å². The lowest BCUT2D eigenvalue weighted by Gasteiger charge is -2.38. The lowest BCUT2D eigenvalue weighted by Crippen LogP contribution is -2.38. The number of rotatable bonds is 3. The number of benzene rings is 1. The molecule has 2 aliphatic rings. The van der Waals surface area contributed by atoms with Crippen molar-refractivity contribution in [1.82, 2.24) is 9.97 Å². The number of allylic oxidation sites excluding steroid dienone is 2. The van der Waals surface area contributed by atoms with Crippen LogP contribution in [0.1, 0.15) is 43.7 Å². The Hall–Kier alpha value is -3.23. The summed E-state index contributed by atoms with van der Waals surface area (Å²) in [5.41, 5.74) is 0.326. The Morgan fingerprint density at radius 2 is 1.76 bits per heavy atom. The minimum absolute atomic E-state index is 0.0291. The first-order valence-corrected chi connectivity index (χ1v) is 9.09. The van der Waals surface area contributed by atoms with Gasteiger partial charge in [0.1, 0.15) is 11.6 Å². The second kappa shape index (κ2) is 6.68. The summed E-state index contributed by atoms with van der Waals surface area (Å²) in [5, 5.41) is 3.06. The number of nitrogens with one attached hydrogen (secondary N) is 3. The highest BCUT2D eigenvalue weighted by Gasteiger charge is 2.42. The van der Waals surface area contributed by atoms with Crippen molar-refractivity contribution in [2.75, 3.05) is 5.32 Å². The number of carbonyl (C=O) groups excluding carboxylic acids is 1.